The Kier molecular flexibility index (Phi) is 12.1. The lowest BCUT2D eigenvalue weighted by atomic mass is 10.1. The summed E-state index contributed by atoms with van der Waals surface area (Å²) < 4.78 is 33.4. The van der Waals surface area contributed by atoms with Gasteiger partial charge in [-0.05, 0) is 53.8 Å². The van der Waals surface area contributed by atoms with E-state index in [1.165, 1.54) is 5.56 Å². The van der Waals surface area contributed by atoms with Crippen LogP contribution in [0.25, 0.3) is 0 Å². The number of aromatic nitrogens is 1. The van der Waals surface area contributed by atoms with Crippen molar-refractivity contribution in [2.75, 3.05) is 17.8 Å². The molecule has 0 amide bonds. The molecule has 37 heavy (non-hydrogen) atoms. The number of hydrogen-bond donors (Lipinski definition) is 1. The molecule has 0 radical (unpaired) electrons. The van der Waals surface area contributed by atoms with Crippen molar-refractivity contribution in [3.05, 3.63) is 95.1 Å². The summed E-state index contributed by atoms with van der Waals surface area (Å²) in [6, 6.07) is 17.8. The highest BCUT2D eigenvalue weighted by Gasteiger charge is 2.34. The Morgan fingerprint density at radius 2 is 1.57 bits per heavy atom. The molecule has 7 heteroatoms. The highest BCUT2D eigenvalue weighted by atomic mass is 32.2. The lowest BCUT2D eigenvalue weighted by Gasteiger charge is -2.27. The molecule has 200 valence electrons. The molecule has 3 rings (SSSR count). The van der Waals surface area contributed by atoms with E-state index in [1.54, 1.807) is 26.2 Å². The molecular formula is C30H38F2N2O2S. The van der Waals surface area contributed by atoms with Crippen LogP contribution in [-0.2, 0) is 25.6 Å². The van der Waals surface area contributed by atoms with Gasteiger partial charge in [0.1, 0.15) is 16.6 Å². The molecule has 0 aliphatic rings. The molecule has 0 aliphatic carbocycles. The van der Waals surface area contributed by atoms with Gasteiger partial charge in [0.05, 0.1) is 12.7 Å². The van der Waals surface area contributed by atoms with Crippen LogP contribution in [0.3, 0.4) is 0 Å². The number of anilines is 1. The molecule has 4 nitrogen and oxygen atoms in total. The van der Waals surface area contributed by atoms with Gasteiger partial charge in [0.15, 0.2) is 0 Å². The monoisotopic (exact) mass is 528 g/mol. The third kappa shape index (κ3) is 8.86. The topological polar surface area (TPSA) is 45.6 Å². The summed E-state index contributed by atoms with van der Waals surface area (Å²) in [6.07, 6.45) is -0.244. The molecule has 0 saturated carbocycles. The fourth-order valence-electron chi connectivity index (χ4n) is 3.89. The number of methoxy groups -OCH3 is 1. The number of benzene rings is 2. The molecule has 0 fully saturated rings. The molecule has 0 aliphatic heterocycles. The van der Waals surface area contributed by atoms with Crippen LogP contribution < -0.4 is 9.64 Å². The van der Waals surface area contributed by atoms with Crippen molar-refractivity contribution in [3.8, 4) is 5.75 Å². The smallest absolute Gasteiger partial charge is 0.383 e. The quantitative estimate of drug-likeness (QED) is 0.191. The number of rotatable bonds is 12. The summed E-state index contributed by atoms with van der Waals surface area (Å²) in [5, 5.41) is 9.63. The fourth-order valence-corrected chi connectivity index (χ4v) is 4.75. The van der Waals surface area contributed by atoms with Crippen LogP contribution >= 0.6 is 11.8 Å². The molecule has 1 N–H and O–H groups in total. The highest BCUT2D eigenvalue weighted by Crippen LogP contribution is 2.37. The van der Waals surface area contributed by atoms with Crippen molar-refractivity contribution >= 4 is 17.6 Å². The molecule has 1 aromatic heterocycles. The molecular weight excluding hydrogens is 490 g/mol. The van der Waals surface area contributed by atoms with E-state index < -0.39 is 11.7 Å². The maximum atomic E-state index is 14.1. The summed E-state index contributed by atoms with van der Waals surface area (Å²) in [4.78, 5) is 6.64. The van der Waals surface area contributed by atoms with Gasteiger partial charge in [0.2, 0.25) is 0 Å². The van der Waals surface area contributed by atoms with Crippen molar-refractivity contribution in [1.29, 1.82) is 0 Å². The number of nitrogens with zero attached hydrogens (tertiary/aromatic N) is 2. The van der Waals surface area contributed by atoms with Gasteiger partial charge in [-0.25, -0.2) is 4.98 Å². The van der Waals surface area contributed by atoms with Crippen LogP contribution in [0.5, 0.6) is 5.75 Å². The number of halogens is 2. The number of hydrogen-bond acceptors (Lipinski definition) is 5. The van der Waals surface area contributed by atoms with Crippen LogP contribution in [0.2, 0.25) is 0 Å². The third-order valence-electron chi connectivity index (χ3n) is 5.60. The van der Waals surface area contributed by atoms with E-state index in [9.17, 15) is 13.9 Å². The van der Waals surface area contributed by atoms with Gasteiger partial charge >= 0.3 is 6.11 Å². The summed E-state index contributed by atoms with van der Waals surface area (Å²) in [6.45, 7) is 12.5. The number of pyridine rings is 1. The standard InChI is InChI=1S/C28H32F2N2O2S.C2H6/c1-5-7-21-8-10-22(11-9-21)18-32(19-23-12-14-24(34-4)15-13-23)25-17-20(3)26(28(29,30)33)27(31-25)35-16-6-2;1-2/h6,8-15,17,33H,2,5,7,16,18-19H2,1,3-4H3;1-2H3. The maximum Gasteiger partial charge on any atom is 0.383 e. The van der Waals surface area contributed by atoms with Gasteiger partial charge < -0.3 is 14.7 Å². The fraction of sp³-hybridized carbons (Fsp3) is 0.367. The summed E-state index contributed by atoms with van der Waals surface area (Å²) >= 11 is 1.13. The molecule has 0 spiro atoms. The van der Waals surface area contributed by atoms with E-state index in [4.69, 9.17) is 4.74 Å². The first-order valence-corrected chi connectivity index (χ1v) is 13.5. The minimum atomic E-state index is -3.98. The minimum Gasteiger partial charge on any atom is -0.497 e. The summed E-state index contributed by atoms with van der Waals surface area (Å²) in [5.74, 6) is 1.73. The Morgan fingerprint density at radius 1 is 1.03 bits per heavy atom. The second-order valence-electron chi connectivity index (χ2n) is 8.39. The van der Waals surface area contributed by atoms with Crippen LogP contribution in [-0.4, -0.2) is 23.0 Å². The van der Waals surface area contributed by atoms with Gasteiger partial charge in [0.25, 0.3) is 0 Å². The zero-order chi connectivity index (χ0) is 27.4. The molecule has 2 aromatic carbocycles. The largest absolute Gasteiger partial charge is 0.497 e. The zero-order valence-corrected chi connectivity index (χ0v) is 23.2. The van der Waals surface area contributed by atoms with Crippen molar-refractivity contribution in [3.63, 3.8) is 0 Å². The van der Waals surface area contributed by atoms with Crippen LogP contribution in [0.4, 0.5) is 14.6 Å². The van der Waals surface area contributed by atoms with E-state index >= 15 is 0 Å². The average molecular weight is 529 g/mol. The second kappa shape index (κ2) is 14.7. The van der Waals surface area contributed by atoms with E-state index in [0.29, 0.717) is 24.7 Å². The lowest BCUT2D eigenvalue weighted by Crippen LogP contribution is -2.25. The van der Waals surface area contributed by atoms with Crippen LogP contribution in [0.15, 0.2) is 72.3 Å². The number of ether oxygens (including phenoxy) is 1. The predicted molar refractivity (Wildman–Crippen MR) is 151 cm³/mol. The van der Waals surface area contributed by atoms with E-state index in [2.05, 4.69) is 47.7 Å². The maximum absolute atomic E-state index is 14.1. The Hall–Kier alpha value is -2.90. The number of thioether (sulfide) groups is 1. The average Bonchev–Trinajstić information content (AvgIpc) is 2.88. The molecule has 1 heterocycles. The number of aryl methyl sites for hydroxylation is 2. The number of aliphatic hydroxyl groups is 1. The minimum absolute atomic E-state index is 0.102. The Bertz CT molecular complexity index is 1110. The van der Waals surface area contributed by atoms with Gasteiger partial charge in [-0.1, -0.05) is 69.7 Å². The normalized spacial score (nSPS) is 10.9. The Labute approximate surface area is 224 Å². The first-order chi connectivity index (χ1) is 17.7. The van der Waals surface area contributed by atoms with Gasteiger partial charge in [-0.15, -0.1) is 18.3 Å². The Morgan fingerprint density at radius 3 is 2.05 bits per heavy atom. The highest BCUT2D eigenvalue weighted by molar-refractivity contribution is 7.99. The van der Waals surface area contributed by atoms with Gasteiger partial charge in [-0.2, -0.15) is 8.78 Å². The van der Waals surface area contributed by atoms with Crippen molar-refractivity contribution < 1.29 is 18.6 Å². The second-order valence-corrected chi connectivity index (χ2v) is 9.40. The van der Waals surface area contributed by atoms with Gasteiger partial charge in [-0.3, -0.25) is 0 Å². The first-order valence-electron chi connectivity index (χ1n) is 12.6. The molecule has 0 saturated heterocycles. The van der Waals surface area contributed by atoms with Crippen molar-refractivity contribution in [1.82, 2.24) is 4.98 Å². The number of alkyl halides is 2. The Balaban J connectivity index is 0.00000235. The summed E-state index contributed by atoms with van der Waals surface area (Å²) in [7, 11) is 1.62. The van der Waals surface area contributed by atoms with Crippen LogP contribution in [0.1, 0.15) is 55.0 Å². The van der Waals surface area contributed by atoms with Crippen molar-refractivity contribution in [2.45, 2.75) is 64.8 Å². The molecule has 0 atom stereocenters. The molecule has 3 aromatic rings. The van der Waals surface area contributed by atoms with Crippen molar-refractivity contribution in [2.24, 2.45) is 0 Å². The SMILES string of the molecule is C=CCSc1nc(N(Cc2ccc(CCC)cc2)Cc2ccc(OC)cc2)cc(C)c1C(O)(F)F.CC. The first kappa shape index (κ1) is 30.3. The summed E-state index contributed by atoms with van der Waals surface area (Å²) in [5.41, 5.74) is 3.23. The molecule has 0 bridgehead atoms. The lowest BCUT2D eigenvalue weighted by molar-refractivity contribution is -0.211. The molecule has 0 unspecified atom stereocenters. The van der Waals surface area contributed by atoms with E-state index in [0.717, 1.165) is 41.5 Å². The third-order valence-corrected chi connectivity index (χ3v) is 6.57. The zero-order valence-electron chi connectivity index (χ0n) is 22.4. The van der Waals surface area contributed by atoms with E-state index in [1.807, 2.05) is 38.1 Å². The van der Waals surface area contributed by atoms with E-state index in [-0.39, 0.29) is 10.6 Å². The van der Waals surface area contributed by atoms with Gasteiger partial charge in [0, 0.05) is 18.8 Å². The predicted octanol–water partition coefficient (Wildman–Crippen LogP) is 7.90. The van der Waals surface area contributed by atoms with Crippen LogP contribution in [0, 0.1) is 6.92 Å².